The van der Waals surface area contributed by atoms with Gasteiger partial charge < -0.3 is 39.9 Å². The van der Waals surface area contributed by atoms with Crippen LogP contribution >= 0.6 is 0 Å². The van der Waals surface area contributed by atoms with Crippen LogP contribution in [0.25, 0.3) is 33.6 Å². The normalized spacial score (nSPS) is 25.4. The third-order valence-electron chi connectivity index (χ3n) is 13.6. The van der Waals surface area contributed by atoms with Crippen molar-refractivity contribution in [3.05, 3.63) is 72.6 Å². The van der Waals surface area contributed by atoms with Gasteiger partial charge >= 0.3 is 12.2 Å². The van der Waals surface area contributed by atoms with Crippen molar-refractivity contribution in [1.82, 2.24) is 40.4 Å². The van der Waals surface area contributed by atoms with Crippen LogP contribution in [-0.2, 0) is 24.6 Å². The average Bonchev–Trinajstić information content (AvgIpc) is 4.11. The number of nitrogens with one attached hydrogen (secondary N) is 4. The number of amides is 4. The zero-order valence-electron chi connectivity index (χ0n) is 35.0. The molecule has 14 nitrogen and oxygen atoms in total. The number of likely N-dealkylation sites (tertiary alicyclic amines) is 2. The highest BCUT2D eigenvalue weighted by Crippen LogP contribution is 2.54. The number of aromatic nitrogens is 4. The molecule has 2 aromatic heterocycles. The molecule has 8 rings (SSSR count). The number of piperidine rings is 2. The van der Waals surface area contributed by atoms with E-state index in [9.17, 15) is 19.2 Å². The van der Waals surface area contributed by atoms with Gasteiger partial charge in [0.2, 0.25) is 11.8 Å². The molecule has 312 valence electrons. The van der Waals surface area contributed by atoms with Gasteiger partial charge in [-0.2, -0.15) is 0 Å². The van der Waals surface area contributed by atoms with Crippen LogP contribution in [0.5, 0.6) is 0 Å². The Kier molecular flexibility index (Phi) is 10.8. The van der Waals surface area contributed by atoms with E-state index in [2.05, 4.69) is 76.1 Å². The summed E-state index contributed by atoms with van der Waals surface area (Å²) in [6, 6.07) is 15.4. The summed E-state index contributed by atoms with van der Waals surface area (Å²) in [7, 11) is 2.61. The first-order valence-corrected chi connectivity index (χ1v) is 21.0. The second kappa shape index (κ2) is 15.8. The number of fused-ring (bicyclic) bond motifs is 4. The summed E-state index contributed by atoms with van der Waals surface area (Å²) in [5, 5.41) is 5.53. The number of H-pyrrole nitrogens is 2. The molecule has 2 aliphatic heterocycles. The lowest BCUT2D eigenvalue weighted by Gasteiger charge is -2.45. The Bertz CT molecular complexity index is 2200. The summed E-state index contributed by atoms with van der Waals surface area (Å²) >= 11 is 0. The second-order valence-corrected chi connectivity index (χ2v) is 17.6. The Hall–Kier alpha value is -5.66. The number of rotatable bonds is 11. The van der Waals surface area contributed by atoms with Crippen LogP contribution in [0.1, 0.15) is 90.8 Å². The Morgan fingerprint density at radius 3 is 1.80 bits per heavy atom. The number of nitrogens with zero attached hydrogens (tertiary/aromatic N) is 4. The van der Waals surface area contributed by atoms with Crippen LogP contribution < -0.4 is 10.6 Å². The molecular formula is C45H56N8O6. The van der Waals surface area contributed by atoms with E-state index < -0.39 is 29.8 Å². The molecule has 59 heavy (non-hydrogen) atoms. The van der Waals surface area contributed by atoms with E-state index >= 15 is 0 Å². The maximum atomic E-state index is 14.1. The maximum Gasteiger partial charge on any atom is 0.407 e. The van der Waals surface area contributed by atoms with E-state index in [4.69, 9.17) is 19.4 Å². The van der Waals surface area contributed by atoms with E-state index in [1.807, 2.05) is 49.9 Å². The minimum Gasteiger partial charge on any atom is -0.453 e. The lowest BCUT2D eigenvalue weighted by atomic mass is 9.83. The van der Waals surface area contributed by atoms with Crippen LogP contribution in [0.2, 0.25) is 0 Å². The molecular weight excluding hydrogens is 749 g/mol. The van der Waals surface area contributed by atoms with E-state index in [0.717, 1.165) is 83.8 Å². The highest BCUT2D eigenvalue weighted by Gasteiger charge is 2.59. The Morgan fingerprint density at radius 2 is 1.22 bits per heavy atom. The topological polar surface area (TPSA) is 175 Å². The molecule has 0 radical (unpaired) electrons. The standard InChI is InChI=1S/C45H56N8O6/c1-24(2)36(50-43(56)58-6)40(54)52-32-18-16-30(20-32)38(52)39-46-22-34(48-39)28-12-8-26(9-13-28)27-10-14-29(15-11-27)35-23-47-42(49-35)45(5)31-17-19-33(21-31)53(45)41(55)37(25(3)4)51-44(57)59-7/h8-15,22-25,30-33,36-38H,16-21H2,1-7H3,(H,46,48)(H,47,49)(H,50,56)(H,51,57)/t30-,31-,32+,33+,36-,37-,38-,45?/m0/s1. The number of carbonyl (C=O) groups is 4. The molecule has 4 aromatic rings. The van der Waals surface area contributed by atoms with Crippen molar-refractivity contribution in [2.45, 2.75) is 109 Å². The van der Waals surface area contributed by atoms with E-state index in [-0.39, 0.29) is 47.7 Å². The monoisotopic (exact) mass is 804 g/mol. The molecule has 4 bridgehead atoms. The SMILES string of the molecule is COC(=O)N[C@H](C(=O)N1[C@@H]2CC[C@@H](C2)[C@H]1c1ncc(-c2ccc(-c3ccc(-c4cnc(C5(C)[C@H]6CC[C@H](C6)N5C(=O)[C@@H](NC(=O)OC)C(C)C)[nH]4)cc3)cc2)[nH]1)C(C)C. The number of hydrogen-bond donors (Lipinski definition) is 4. The van der Waals surface area contributed by atoms with Gasteiger partial charge in [-0.15, -0.1) is 0 Å². The third kappa shape index (κ3) is 7.14. The van der Waals surface area contributed by atoms with Crippen LogP contribution in [-0.4, -0.2) is 92.1 Å². The quantitative estimate of drug-likeness (QED) is 0.123. The Balaban J connectivity index is 0.965. The molecule has 4 aliphatic rings. The summed E-state index contributed by atoms with van der Waals surface area (Å²) in [6.45, 7) is 9.82. The smallest absolute Gasteiger partial charge is 0.407 e. The van der Waals surface area contributed by atoms with Gasteiger partial charge in [0, 0.05) is 12.1 Å². The van der Waals surface area contributed by atoms with E-state index in [1.54, 1.807) is 0 Å². The van der Waals surface area contributed by atoms with Crippen LogP contribution in [0, 0.1) is 23.7 Å². The molecule has 2 aromatic carbocycles. The Morgan fingerprint density at radius 1 is 0.695 bits per heavy atom. The summed E-state index contributed by atoms with van der Waals surface area (Å²) < 4.78 is 9.67. The van der Waals surface area contributed by atoms with Gasteiger partial charge in [-0.25, -0.2) is 19.6 Å². The van der Waals surface area contributed by atoms with Gasteiger partial charge in [0.25, 0.3) is 0 Å². The number of ether oxygens (including phenoxy) is 2. The Labute approximate surface area is 345 Å². The summed E-state index contributed by atoms with van der Waals surface area (Å²) in [5.41, 5.74) is 5.23. The molecule has 2 saturated carbocycles. The predicted octanol–water partition coefficient (Wildman–Crippen LogP) is 7.17. The van der Waals surface area contributed by atoms with Gasteiger partial charge in [0.15, 0.2) is 0 Å². The maximum absolute atomic E-state index is 14.1. The molecule has 2 saturated heterocycles. The first kappa shape index (κ1) is 40.1. The molecule has 4 N–H and O–H groups in total. The first-order valence-electron chi connectivity index (χ1n) is 21.0. The molecule has 1 unspecified atom stereocenters. The van der Waals surface area contributed by atoms with Crippen molar-refractivity contribution in [2.75, 3.05) is 14.2 Å². The number of methoxy groups -OCH3 is 2. The van der Waals surface area contributed by atoms with Crippen molar-refractivity contribution in [3.63, 3.8) is 0 Å². The predicted molar refractivity (Wildman–Crippen MR) is 221 cm³/mol. The van der Waals surface area contributed by atoms with Crippen molar-refractivity contribution in [3.8, 4) is 33.6 Å². The fourth-order valence-corrected chi connectivity index (χ4v) is 10.4. The highest BCUT2D eigenvalue weighted by molar-refractivity contribution is 5.88. The molecule has 14 heteroatoms. The number of alkyl carbamates (subject to hydrolysis) is 2. The minimum atomic E-state index is -0.703. The fraction of sp³-hybridized carbons (Fsp3) is 0.511. The average molecular weight is 805 g/mol. The summed E-state index contributed by atoms with van der Waals surface area (Å²) in [5.74, 6) is 1.68. The number of hydrogen-bond acceptors (Lipinski definition) is 8. The second-order valence-electron chi connectivity index (χ2n) is 17.6. The third-order valence-corrected chi connectivity index (χ3v) is 13.6. The van der Waals surface area contributed by atoms with Crippen LogP contribution in [0.15, 0.2) is 60.9 Å². The van der Waals surface area contributed by atoms with Gasteiger partial charge in [-0.1, -0.05) is 76.2 Å². The minimum absolute atomic E-state index is 0.0939. The van der Waals surface area contributed by atoms with Crippen LogP contribution in [0.4, 0.5) is 9.59 Å². The molecule has 2 aliphatic carbocycles. The zero-order chi connectivity index (χ0) is 41.7. The van der Waals surface area contributed by atoms with Gasteiger partial charge in [0.1, 0.15) is 29.3 Å². The fourth-order valence-electron chi connectivity index (χ4n) is 10.4. The van der Waals surface area contributed by atoms with Gasteiger partial charge in [0.05, 0.1) is 44.0 Å². The van der Waals surface area contributed by atoms with Crippen molar-refractivity contribution in [1.29, 1.82) is 0 Å². The van der Waals surface area contributed by atoms with Gasteiger partial charge in [-0.05, 0) is 91.4 Å². The summed E-state index contributed by atoms with van der Waals surface area (Å²) in [6.07, 6.45) is 8.25. The van der Waals surface area contributed by atoms with Crippen molar-refractivity contribution in [2.24, 2.45) is 23.7 Å². The van der Waals surface area contributed by atoms with E-state index in [0.29, 0.717) is 5.92 Å². The zero-order valence-corrected chi connectivity index (χ0v) is 35.0. The molecule has 4 amide bonds. The van der Waals surface area contributed by atoms with Crippen LogP contribution in [0.3, 0.4) is 0 Å². The molecule has 4 heterocycles. The van der Waals surface area contributed by atoms with Crippen molar-refractivity contribution >= 4 is 24.0 Å². The number of benzene rings is 2. The van der Waals surface area contributed by atoms with Gasteiger partial charge in [-0.3, -0.25) is 9.59 Å². The first-order chi connectivity index (χ1) is 28.3. The largest absolute Gasteiger partial charge is 0.453 e. The number of carbonyl (C=O) groups excluding carboxylic acids is 4. The lowest BCUT2D eigenvalue weighted by Crippen LogP contribution is -2.59. The molecule has 8 atom stereocenters. The van der Waals surface area contributed by atoms with E-state index in [1.165, 1.54) is 14.2 Å². The number of aromatic amines is 2. The summed E-state index contributed by atoms with van der Waals surface area (Å²) in [4.78, 5) is 73.1. The molecule has 0 spiro atoms. The lowest BCUT2D eigenvalue weighted by molar-refractivity contribution is -0.144. The van der Waals surface area contributed by atoms with Crippen molar-refractivity contribution < 1.29 is 28.7 Å². The highest BCUT2D eigenvalue weighted by atomic mass is 16.5. The number of imidazole rings is 2. The molecule has 4 fully saturated rings.